The van der Waals surface area contributed by atoms with E-state index in [1.54, 1.807) is 12.0 Å². The minimum Gasteiger partial charge on any atom is -0.497 e. The van der Waals surface area contributed by atoms with Crippen molar-refractivity contribution < 1.29 is 23.9 Å². The van der Waals surface area contributed by atoms with Crippen molar-refractivity contribution in [3.63, 3.8) is 0 Å². The van der Waals surface area contributed by atoms with Crippen LogP contribution in [0.5, 0.6) is 5.75 Å². The molecule has 4 atom stereocenters. The molecule has 4 unspecified atom stereocenters. The van der Waals surface area contributed by atoms with Gasteiger partial charge in [0.1, 0.15) is 23.5 Å². The van der Waals surface area contributed by atoms with Crippen molar-refractivity contribution in [2.45, 2.75) is 136 Å². The van der Waals surface area contributed by atoms with Crippen LogP contribution in [0.25, 0.3) is 0 Å². The van der Waals surface area contributed by atoms with Crippen LogP contribution in [0.4, 0.5) is 0 Å². The molecule has 1 aromatic carbocycles. The fraction of sp³-hybridized carbons (Fsp3) is 0.706. The summed E-state index contributed by atoms with van der Waals surface area (Å²) in [7, 11) is 1.62. The van der Waals surface area contributed by atoms with Crippen molar-refractivity contribution in [2.75, 3.05) is 13.7 Å². The zero-order valence-corrected chi connectivity index (χ0v) is 27.5. The van der Waals surface area contributed by atoms with Crippen molar-refractivity contribution in [2.24, 2.45) is 11.7 Å². The zero-order chi connectivity index (χ0) is 32.0. The van der Waals surface area contributed by atoms with E-state index in [1.807, 2.05) is 49.9 Å². The predicted molar refractivity (Wildman–Crippen MR) is 170 cm³/mol. The lowest BCUT2D eigenvalue weighted by Crippen LogP contribution is -2.63. The Morgan fingerprint density at radius 1 is 0.977 bits per heavy atom. The van der Waals surface area contributed by atoms with E-state index in [2.05, 4.69) is 19.2 Å². The third-order valence-electron chi connectivity index (χ3n) is 8.93. The summed E-state index contributed by atoms with van der Waals surface area (Å²) in [5.41, 5.74) is 5.30. The molecule has 0 radical (unpaired) electrons. The molecule has 242 valence electrons. The lowest BCUT2D eigenvalue weighted by molar-refractivity contribution is -0.153. The van der Waals surface area contributed by atoms with Crippen molar-refractivity contribution in [1.82, 2.24) is 15.1 Å². The molecule has 1 aromatic rings. The Morgan fingerprint density at radius 3 is 2.21 bits per heavy atom. The highest BCUT2D eigenvalue weighted by Crippen LogP contribution is 2.43. The molecule has 0 aliphatic carbocycles. The Bertz CT molecular complexity index is 1050. The number of unbranched alkanes of at least 4 members (excludes halogenated alkanes) is 4. The third-order valence-corrected chi connectivity index (χ3v) is 8.93. The van der Waals surface area contributed by atoms with Crippen LogP contribution in [-0.4, -0.2) is 64.8 Å². The molecule has 1 fully saturated rings. The summed E-state index contributed by atoms with van der Waals surface area (Å²) in [4.78, 5) is 57.4. The summed E-state index contributed by atoms with van der Waals surface area (Å²) in [6, 6.07) is 6.23. The lowest BCUT2D eigenvalue weighted by Gasteiger charge is -2.47. The summed E-state index contributed by atoms with van der Waals surface area (Å²) in [6.07, 6.45) is 8.59. The number of nitrogens with zero attached hydrogens (tertiary/aromatic N) is 2. The largest absolute Gasteiger partial charge is 0.497 e. The van der Waals surface area contributed by atoms with E-state index in [0.717, 1.165) is 49.8 Å². The van der Waals surface area contributed by atoms with Gasteiger partial charge in [-0.15, -0.1) is 0 Å². The van der Waals surface area contributed by atoms with Crippen LogP contribution in [0, 0.1) is 5.92 Å². The minimum absolute atomic E-state index is 0.0177. The fourth-order valence-corrected chi connectivity index (χ4v) is 6.42. The van der Waals surface area contributed by atoms with Gasteiger partial charge in [-0.1, -0.05) is 78.9 Å². The van der Waals surface area contributed by atoms with Gasteiger partial charge in [-0.25, -0.2) is 0 Å². The van der Waals surface area contributed by atoms with Gasteiger partial charge in [-0.2, -0.15) is 0 Å². The molecule has 9 nitrogen and oxygen atoms in total. The Kier molecular flexibility index (Phi) is 15.0. The monoisotopic (exact) mass is 600 g/mol. The molecule has 0 spiro atoms. The molecule has 1 heterocycles. The van der Waals surface area contributed by atoms with Crippen LogP contribution in [-0.2, 0) is 25.6 Å². The van der Waals surface area contributed by atoms with E-state index in [1.165, 1.54) is 0 Å². The summed E-state index contributed by atoms with van der Waals surface area (Å²) in [5.74, 6) is -0.0630. The Labute approximate surface area is 259 Å². The summed E-state index contributed by atoms with van der Waals surface area (Å²) in [6.45, 7) is 10.7. The molecule has 0 bridgehead atoms. The van der Waals surface area contributed by atoms with Gasteiger partial charge in [0.05, 0.1) is 7.11 Å². The average molecular weight is 601 g/mol. The number of carbonyl (C=O) groups excluding carboxylic acids is 4. The SMILES string of the molecule is CCCCCC(=O)N1C(Cc2ccc(OC)cc2)C(=O)N(C(C(=O)NCCCCCC(N)=O)C(C)CC)C1(CC)CCC. The van der Waals surface area contributed by atoms with Crippen LogP contribution in [0.2, 0.25) is 0 Å². The Balaban J connectivity index is 2.52. The number of nitrogens with two attached hydrogens (primary N) is 1. The topological polar surface area (TPSA) is 122 Å². The number of primary amides is 1. The van der Waals surface area contributed by atoms with Gasteiger partial charge in [0.25, 0.3) is 0 Å². The first-order chi connectivity index (χ1) is 20.6. The third kappa shape index (κ3) is 9.19. The van der Waals surface area contributed by atoms with Gasteiger partial charge in [-0.3, -0.25) is 19.2 Å². The number of benzene rings is 1. The molecular formula is C34H56N4O5. The van der Waals surface area contributed by atoms with Gasteiger partial charge in [-0.05, 0) is 55.7 Å². The van der Waals surface area contributed by atoms with Crippen LogP contribution in [0.15, 0.2) is 24.3 Å². The van der Waals surface area contributed by atoms with Gasteiger partial charge in [0, 0.05) is 25.8 Å². The predicted octanol–water partition coefficient (Wildman–Crippen LogP) is 5.34. The number of carbonyl (C=O) groups is 4. The summed E-state index contributed by atoms with van der Waals surface area (Å²) < 4.78 is 5.33. The van der Waals surface area contributed by atoms with E-state index in [4.69, 9.17) is 10.5 Å². The Morgan fingerprint density at radius 2 is 1.65 bits per heavy atom. The number of rotatable bonds is 20. The minimum atomic E-state index is -0.890. The molecule has 0 saturated carbocycles. The maximum atomic E-state index is 14.7. The molecular weight excluding hydrogens is 544 g/mol. The number of amides is 4. The molecule has 4 amide bonds. The maximum Gasteiger partial charge on any atom is 0.248 e. The van der Waals surface area contributed by atoms with Crippen molar-refractivity contribution in [3.8, 4) is 5.75 Å². The van der Waals surface area contributed by atoms with Gasteiger partial charge >= 0.3 is 0 Å². The number of methoxy groups -OCH3 is 1. The van der Waals surface area contributed by atoms with Gasteiger partial charge in [0.2, 0.25) is 23.6 Å². The highest BCUT2D eigenvalue weighted by atomic mass is 16.5. The molecule has 3 N–H and O–H groups in total. The number of ether oxygens (including phenoxy) is 1. The first-order valence-electron chi connectivity index (χ1n) is 16.5. The van der Waals surface area contributed by atoms with Crippen molar-refractivity contribution in [3.05, 3.63) is 29.8 Å². The van der Waals surface area contributed by atoms with Crippen LogP contribution in [0.3, 0.4) is 0 Å². The van der Waals surface area contributed by atoms with Crippen LogP contribution >= 0.6 is 0 Å². The maximum absolute atomic E-state index is 14.7. The second-order valence-electron chi connectivity index (χ2n) is 12.0. The van der Waals surface area contributed by atoms with Gasteiger partial charge in [0.15, 0.2) is 0 Å². The molecule has 9 heteroatoms. The zero-order valence-electron chi connectivity index (χ0n) is 27.5. The molecule has 0 aromatic heterocycles. The smallest absolute Gasteiger partial charge is 0.248 e. The molecule has 2 rings (SSSR count). The summed E-state index contributed by atoms with van der Waals surface area (Å²) in [5, 5.41) is 3.08. The molecule has 1 aliphatic rings. The van der Waals surface area contributed by atoms with E-state index >= 15 is 0 Å². The normalized spacial score (nSPS) is 19.8. The van der Waals surface area contributed by atoms with Crippen LogP contribution in [0.1, 0.15) is 117 Å². The molecule has 1 saturated heterocycles. The van der Waals surface area contributed by atoms with Gasteiger partial charge < -0.3 is 25.6 Å². The molecule has 1 aliphatic heterocycles. The fourth-order valence-electron chi connectivity index (χ4n) is 6.42. The highest BCUT2D eigenvalue weighted by Gasteiger charge is 2.60. The number of hydrogen-bond acceptors (Lipinski definition) is 5. The quantitative estimate of drug-likeness (QED) is 0.196. The van der Waals surface area contributed by atoms with Crippen LogP contribution < -0.4 is 15.8 Å². The van der Waals surface area contributed by atoms with Crippen molar-refractivity contribution >= 4 is 23.6 Å². The summed E-state index contributed by atoms with van der Waals surface area (Å²) >= 11 is 0. The first kappa shape index (κ1) is 36.1. The van der Waals surface area contributed by atoms with E-state index in [0.29, 0.717) is 51.5 Å². The lowest BCUT2D eigenvalue weighted by atomic mass is 9.90. The first-order valence-corrected chi connectivity index (χ1v) is 16.5. The second-order valence-corrected chi connectivity index (χ2v) is 12.0. The molecule has 43 heavy (non-hydrogen) atoms. The van der Waals surface area contributed by atoms with E-state index < -0.39 is 17.7 Å². The second kappa shape index (κ2) is 17.9. The average Bonchev–Trinajstić information content (AvgIpc) is 3.22. The number of hydrogen-bond donors (Lipinski definition) is 2. The Hall–Kier alpha value is -3.10. The van der Waals surface area contributed by atoms with Crippen molar-refractivity contribution in [1.29, 1.82) is 0 Å². The van der Waals surface area contributed by atoms with E-state index in [9.17, 15) is 19.2 Å². The highest BCUT2D eigenvalue weighted by molar-refractivity contribution is 5.96. The van der Waals surface area contributed by atoms with E-state index in [-0.39, 0.29) is 29.5 Å². The number of nitrogens with one attached hydrogen (secondary N) is 1. The standard InChI is InChI=1S/C34H56N4O5/c1-7-11-13-17-30(40)37-28(24-26-18-20-27(43-6)21-19-26)33(42)38(34(37,10-4)22-8-2)31(25(5)9-3)32(41)36-23-15-12-14-16-29(35)39/h18-21,25,28,31H,7-17,22-24H2,1-6H3,(H2,35,39)(H,36,41).